The molecule has 4 rings (SSSR count). The van der Waals surface area contributed by atoms with Gasteiger partial charge in [0.15, 0.2) is 0 Å². The van der Waals surface area contributed by atoms with Gasteiger partial charge in [-0.15, -0.1) is 11.3 Å². The molecule has 0 saturated heterocycles. The summed E-state index contributed by atoms with van der Waals surface area (Å²) in [4.78, 5) is 23.5. The third-order valence-electron chi connectivity index (χ3n) is 5.83. The van der Waals surface area contributed by atoms with Crippen molar-refractivity contribution in [2.75, 3.05) is 11.9 Å². The first-order chi connectivity index (χ1) is 16.2. The fourth-order valence-corrected chi connectivity index (χ4v) is 5.98. The van der Waals surface area contributed by atoms with E-state index in [0.717, 1.165) is 34.2 Å². The van der Waals surface area contributed by atoms with Crippen LogP contribution in [0.4, 0.5) is 5.82 Å². The van der Waals surface area contributed by atoms with Gasteiger partial charge in [0.2, 0.25) is 5.78 Å². The number of ketones is 1. The summed E-state index contributed by atoms with van der Waals surface area (Å²) >= 11 is 4.98. The standard InChI is InChI=1S/C23H25BrN4O4S2/c1-14-17(7-15-3-2-4-18(24)8-15)10-21(33-14)22(29)20-11-26-13-27-23(20)28-19-6-5-16(9-19)12-32-34(25,30)31/h2-4,8,10-11,13,16,19H,5-7,9,12H2,1H3,(H2,25,30,31)(H,26,27,28)/t16-,19+/m1/s1. The van der Waals surface area contributed by atoms with Crippen LogP contribution >= 0.6 is 27.3 Å². The molecule has 11 heteroatoms. The van der Waals surface area contributed by atoms with E-state index < -0.39 is 10.3 Å². The molecule has 0 unspecified atom stereocenters. The lowest BCUT2D eigenvalue weighted by molar-refractivity contribution is 0.104. The van der Waals surface area contributed by atoms with E-state index in [-0.39, 0.29) is 24.3 Å². The van der Waals surface area contributed by atoms with E-state index in [1.807, 2.05) is 25.1 Å². The Labute approximate surface area is 211 Å². The number of anilines is 1. The number of benzene rings is 1. The zero-order valence-electron chi connectivity index (χ0n) is 18.5. The van der Waals surface area contributed by atoms with Crippen LogP contribution in [0.25, 0.3) is 0 Å². The molecule has 34 heavy (non-hydrogen) atoms. The smallest absolute Gasteiger partial charge is 0.333 e. The van der Waals surface area contributed by atoms with Gasteiger partial charge >= 0.3 is 10.3 Å². The third kappa shape index (κ3) is 6.48. The number of thiophene rings is 1. The molecule has 180 valence electrons. The van der Waals surface area contributed by atoms with Gasteiger partial charge in [0.05, 0.1) is 17.0 Å². The van der Waals surface area contributed by atoms with E-state index in [4.69, 9.17) is 9.32 Å². The molecule has 0 radical (unpaired) electrons. The van der Waals surface area contributed by atoms with Gasteiger partial charge in [-0.3, -0.25) is 8.98 Å². The Balaban J connectivity index is 1.46. The van der Waals surface area contributed by atoms with Gasteiger partial charge in [-0.25, -0.2) is 15.1 Å². The number of carbonyl (C=O) groups is 1. The molecule has 3 aromatic rings. The summed E-state index contributed by atoms with van der Waals surface area (Å²) in [7, 11) is -3.95. The first kappa shape index (κ1) is 24.9. The normalized spacial score (nSPS) is 18.2. The Bertz CT molecular complexity index is 1300. The zero-order chi connectivity index (χ0) is 24.3. The maximum atomic E-state index is 13.4. The van der Waals surface area contributed by atoms with E-state index >= 15 is 0 Å². The number of rotatable bonds is 9. The van der Waals surface area contributed by atoms with Crippen LogP contribution in [0.2, 0.25) is 0 Å². The second kappa shape index (κ2) is 10.6. The number of halogens is 1. The minimum absolute atomic E-state index is 0.0488. The Morgan fingerprint density at radius 3 is 2.91 bits per heavy atom. The van der Waals surface area contributed by atoms with Gasteiger partial charge in [0.25, 0.3) is 0 Å². The van der Waals surface area contributed by atoms with Crippen molar-refractivity contribution >= 4 is 49.2 Å². The molecular weight excluding hydrogens is 540 g/mol. The maximum Gasteiger partial charge on any atom is 0.333 e. The lowest BCUT2D eigenvalue weighted by Crippen LogP contribution is -2.22. The maximum absolute atomic E-state index is 13.4. The molecule has 0 spiro atoms. The van der Waals surface area contributed by atoms with Crippen molar-refractivity contribution in [3.63, 3.8) is 0 Å². The summed E-state index contributed by atoms with van der Waals surface area (Å²) in [6.45, 7) is 2.08. The number of carbonyl (C=O) groups excluding carboxylic acids is 1. The Kier molecular flexibility index (Phi) is 7.78. The second-order valence-corrected chi connectivity index (χ2v) is 11.8. The van der Waals surface area contributed by atoms with Crippen LogP contribution in [0, 0.1) is 12.8 Å². The minimum Gasteiger partial charge on any atom is -0.367 e. The van der Waals surface area contributed by atoms with Crippen LogP contribution in [-0.2, 0) is 20.9 Å². The summed E-state index contributed by atoms with van der Waals surface area (Å²) in [6, 6.07) is 10.1. The SMILES string of the molecule is Cc1sc(C(=O)c2cncnc2N[C@H]2CC[C@@H](COS(N)(=O)=O)C2)cc1Cc1cccc(Br)c1. The van der Waals surface area contributed by atoms with Crippen molar-refractivity contribution in [3.8, 4) is 0 Å². The molecule has 1 aromatic carbocycles. The molecule has 2 heterocycles. The molecule has 0 aliphatic heterocycles. The highest BCUT2D eigenvalue weighted by Gasteiger charge is 2.28. The average molecular weight is 566 g/mol. The van der Waals surface area contributed by atoms with E-state index in [1.54, 1.807) is 0 Å². The molecule has 1 fully saturated rings. The quantitative estimate of drug-likeness (QED) is 0.372. The predicted octanol–water partition coefficient (Wildman–Crippen LogP) is 4.23. The van der Waals surface area contributed by atoms with Crippen LogP contribution in [0.1, 0.15) is 50.5 Å². The summed E-state index contributed by atoms with van der Waals surface area (Å²) in [5, 5.41) is 8.27. The number of nitrogens with one attached hydrogen (secondary N) is 1. The summed E-state index contributed by atoms with van der Waals surface area (Å²) in [6.07, 6.45) is 6.00. The van der Waals surface area contributed by atoms with Crippen molar-refractivity contribution in [2.45, 2.75) is 38.6 Å². The Hall–Kier alpha value is -2.18. The Morgan fingerprint density at radius 1 is 1.32 bits per heavy atom. The zero-order valence-corrected chi connectivity index (χ0v) is 21.7. The number of aryl methyl sites for hydroxylation is 1. The van der Waals surface area contributed by atoms with Gasteiger partial charge in [-0.05, 0) is 67.9 Å². The molecular formula is C23H25BrN4O4S2. The van der Waals surface area contributed by atoms with Gasteiger partial charge < -0.3 is 5.32 Å². The number of aromatic nitrogens is 2. The molecule has 3 N–H and O–H groups in total. The molecule has 1 aliphatic carbocycles. The molecule has 0 amide bonds. The first-order valence-corrected chi connectivity index (χ1v) is 13.9. The number of nitrogens with zero attached hydrogens (tertiary/aromatic N) is 2. The molecule has 1 saturated carbocycles. The van der Waals surface area contributed by atoms with Gasteiger partial charge in [-0.2, -0.15) is 8.42 Å². The van der Waals surface area contributed by atoms with Crippen LogP contribution in [0.3, 0.4) is 0 Å². The minimum atomic E-state index is -3.95. The fourth-order valence-electron chi connectivity index (χ4n) is 4.16. The second-order valence-electron chi connectivity index (χ2n) is 8.41. The van der Waals surface area contributed by atoms with Gasteiger partial charge in [-0.1, -0.05) is 28.1 Å². The number of hydrogen-bond donors (Lipinski definition) is 2. The van der Waals surface area contributed by atoms with Crippen molar-refractivity contribution in [2.24, 2.45) is 11.1 Å². The largest absolute Gasteiger partial charge is 0.367 e. The first-order valence-electron chi connectivity index (χ1n) is 10.8. The highest BCUT2D eigenvalue weighted by Crippen LogP contribution is 2.31. The van der Waals surface area contributed by atoms with Crippen molar-refractivity contribution in [1.82, 2.24) is 9.97 Å². The predicted molar refractivity (Wildman–Crippen MR) is 135 cm³/mol. The summed E-state index contributed by atoms with van der Waals surface area (Å²) in [5.74, 6) is 0.429. The number of hydrogen-bond acceptors (Lipinski definition) is 8. The Morgan fingerprint density at radius 2 is 2.15 bits per heavy atom. The summed E-state index contributed by atoms with van der Waals surface area (Å²) in [5.41, 5.74) is 2.70. The van der Waals surface area contributed by atoms with Crippen LogP contribution < -0.4 is 10.5 Å². The monoisotopic (exact) mass is 564 g/mol. The van der Waals surface area contributed by atoms with Crippen molar-refractivity contribution in [1.29, 1.82) is 0 Å². The molecule has 0 bridgehead atoms. The highest BCUT2D eigenvalue weighted by atomic mass is 79.9. The van der Waals surface area contributed by atoms with E-state index in [9.17, 15) is 13.2 Å². The lowest BCUT2D eigenvalue weighted by atomic mass is 10.0. The average Bonchev–Trinajstić information content (AvgIpc) is 3.38. The van der Waals surface area contributed by atoms with Crippen LogP contribution in [0.5, 0.6) is 0 Å². The van der Waals surface area contributed by atoms with Crippen molar-refractivity contribution < 1.29 is 17.4 Å². The van der Waals surface area contributed by atoms with E-state index in [2.05, 4.69) is 43.3 Å². The van der Waals surface area contributed by atoms with Gasteiger partial charge in [0, 0.05) is 21.6 Å². The summed E-state index contributed by atoms with van der Waals surface area (Å²) < 4.78 is 27.8. The third-order valence-corrected chi connectivity index (χ3v) is 7.88. The van der Waals surface area contributed by atoms with E-state index in [0.29, 0.717) is 22.7 Å². The highest BCUT2D eigenvalue weighted by molar-refractivity contribution is 9.10. The molecule has 2 aromatic heterocycles. The van der Waals surface area contributed by atoms with E-state index in [1.165, 1.54) is 29.4 Å². The lowest BCUT2D eigenvalue weighted by Gasteiger charge is -2.15. The van der Waals surface area contributed by atoms with Crippen molar-refractivity contribution in [3.05, 3.63) is 73.8 Å². The molecule has 1 aliphatic rings. The number of nitrogens with two attached hydrogens (primary N) is 1. The molecule has 8 nitrogen and oxygen atoms in total. The van der Waals surface area contributed by atoms with Crippen LogP contribution in [-0.4, -0.2) is 36.8 Å². The topological polar surface area (TPSA) is 124 Å². The van der Waals surface area contributed by atoms with Crippen LogP contribution in [0.15, 0.2) is 47.3 Å². The fraction of sp³-hybridized carbons (Fsp3) is 0.348. The van der Waals surface area contributed by atoms with Gasteiger partial charge in [0.1, 0.15) is 12.1 Å². The molecule has 2 atom stereocenters.